The lowest BCUT2D eigenvalue weighted by Gasteiger charge is -2.32. The monoisotopic (exact) mass is 258 g/mol. The lowest BCUT2D eigenvalue weighted by Crippen LogP contribution is -2.46. The molecule has 100 valence electrons. The molecule has 0 radical (unpaired) electrons. The summed E-state index contributed by atoms with van der Waals surface area (Å²) in [7, 11) is 0. The molecule has 3 rings (SSSR count). The topological polar surface area (TPSA) is 49.4 Å². The number of likely N-dealkylation sites (tertiary alicyclic amines) is 1. The molecule has 1 unspecified atom stereocenters. The number of carbonyl (C=O) groups is 2. The molecule has 4 nitrogen and oxygen atoms in total. The quantitative estimate of drug-likeness (QED) is 0.777. The zero-order valence-corrected chi connectivity index (χ0v) is 11.2. The Morgan fingerprint density at radius 3 is 2.84 bits per heavy atom. The van der Waals surface area contributed by atoms with Crippen molar-refractivity contribution in [1.29, 1.82) is 0 Å². The van der Waals surface area contributed by atoms with Crippen molar-refractivity contribution in [3.05, 3.63) is 35.1 Å². The smallest absolute Gasteiger partial charge is 0.254 e. The molecule has 2 aliphatic heterocycles. The minimum absolute atomic E-state index is 0.0000704. The molecule has 3 aliphatic rings. The number of allylic oxidation sites excluding steroid dienone is 2. The molecular weight excluding hydrogens is 240 g/mol. The summed E-state index contributed by atoms with van der Waals surface area (Å²) >= 11 is 0. The number of fused-ring (bicyclic) bond motifs is 1. The fourth-order valence-electron chi connectivity index (χ4n) is 3.13. The third-order valence-corrected chi connectivity index (χ3v) is 4.25. The highest BCUT2D eigenvalue weighted by Gasteiger charge is 2.39. The maximum atomic E-state index is 12.5. The van der Waals surface area contributed by atoms with E-state index < -0.39 is 0 Å². The maximum Gasteiger partial charge on any atom is 0.254 e. The van der Waals surface area contributed by atoms with Crippen LogP contribution in [-0.4, -0.2) is 29.3 Å². The Hall–Kier alpha value is -1.84. The highest BCUT2D eigenvalue weighted by atomic mass is 16.2. The molecule has 0 aromatic rings. The van der Waals surface area contributed by atoms with Gasteiger partial charge in [-0.3, -0.25) is 9.59 Å². The van der Waals surface area contributed by atoms with E-state index in [4.69, 9.17) is 0 Å². The zero-order valence-electron chi connectivity index (χ0n) is 11.2. The zero-order chi connectivity index (χ0) is 13.6. The Kier molecular flexibility index (Phi) is 2.81. The van der Waals surface area contributed by atoms with Crippen molar-refractivity contribution in [2.24, 2.45) is 0 Å². The van der Waals surface area contributed by atoms with Crippen LogP contribution in [0.2, 0.25) is 0 Å². The molecule has 2 fully saturated rings. The van der Waals surface area contributed by atoms with Gasteiger partial charge in [0.25, 0.3) is 5.91 Å². The van der Waals surface area contributed by atoms with Crippen molar-refractivity contribution < 1.29 is 9.59 Å². The SMILES string of the molecule is C=C1NC(=O)CCC1N1CC2=C(C)CCC=C2C1=O. The number of hydrogen-bond donors (Lipinski definition) is 1. The first kappa shape index (κ1) is 12.2. The molecule has 0 saturated carbocycles. The van der Waals surface area contributed by atoms with Crippen LogP contribution in [0, 0.1) is 0 Å². The fourth-order valence-corrected chi connectivity index (χ4v) is 3.13. The van der Waals surface area contributed by atoms with Crippen LogP contribution in [0.5, 0.6) is 0 Å². The van der Waals surface area contributed by atoms with Crippen LogP contribution in [0.4, 0.5) is 0 Å². The largest absolute Gasteiger partial charge is 0.328 e. The third-order valence-electron chi connectivity index (χ3n) is 4.25. The predicted octanol–water partition coefficient (Wildman–Crippen LogP) is 1.66. The van der Waals surface area contributed by atoms with E-state index in [-0.39, 0.29) is 17.9 Å². The summed E-state index contributed by atoms with van der Waals surface area (Å²) in [5.41, 5.74) is 4.02. The second-order valence-electron chi connectivity index (χ2n) is 5.48. The minimum atomic E-state index is -0.0583. The van der Waals surface area contributed by atoms with Crippen LogP contribution in [0.3, 0.4) is 0 Å². The van der Waals surface area contributed by atoms with E-state index in [2.05, 4.69) is 24.9 Å². The number of carbonyl (C=O) groups excluding carboxylic acids is 2. The van der Waals surface area contributed by atoms with Gasteiger partial charge in [0, 0.05) is 24.2 Å². The maximum absolute atomic E-state index is 12.5. The molecule has 0 spiro atoms. The standard InChI is InChI=1S/C15H18N2O2/c1-9-4-3-5-11-12(9)8-17(15(11)19)13-6-7-14(18)16-10(13)2/h5,13H,2-4,6-8H2,1H3,(H,16,18). The number of nitrogens with one attached hydrogen (secondary N) is 1. The van der Waals surface area contributed by atoms with Gasteiger partial charge in [0.2, 0.25) is 5.91 Å². The summed E-state index contributed by atoms with van der Waals surface area (Å²) in [5, 5.41) is 2.76. The van der Waals surface area contributed by atoms with Crippen molar-refractivity contribution in [2.75, 3.05) is 6.54 Å². The minimum Gasteiger partial charge on any atom is -0.328 e. The first-order valence-electron chi connectivity index (χ1n) is 6.76. The van der Waals surface area contributed by atoms with Gasteiger partial charge in [0.15, 0.2) is 0 Å². The molecule has 4 heteroatoms. The molecule has 1 atom stereocenters. The van der Waals surface area contributed by atoms with E-state index in [9.17, 15) is 9.59 Å². The van der Waals surface area contributed by atoms with Gasteiger partial charge in [-0.25, -0.2) is 0 Å². The molecule has 2 heterocycles. The van der Waals surface area contributed by atoms with E-state index in [1.807, 2.05) is 4.90 Å². The summed E-state index contributed by atoms with van der Waals surface area (Å²) in [6, 6.07) is -0.0583. The molecule has 1 N–H and O–H groups in total. The summed E-state index contributed by atoms with van der Waals surface area (Å²) in [5.74, 6) is 0.0938. The average molecular weight is 258 g/mol. The fraction of sp³-hybridized carbons (Fsp3) is 0.467. The summed E-state index contributed by atoms with van der Waals surface area (Å²) in [6.45, 7) is 6.67. The normalized spacial score (nSPS) is 27.4. The number of rotatable bonds is 1. The molecule has 2 saturated heterocycles. The molecule has 2 amide bonds. The highest BCUT2D eigenvalue weighted by Crippen LogP contribution is 2.35. The van der Waals surface area contributed by atoms with Gasteiger partial charge < -0.3 is 10.2 Å². The number of piperidine rings is 1. The highest BCUT2D eigenvalue weighted by molar-refractivity contribution is 6.02. The summed E-state index contributed by atoms with van der Waals surface area (Å²) in [4.78, 5) is 25.7. The molecule has 0 aromatic heterocycles. The molecule has 0 aromatic carbocycles. The van der Waals surface area contributed by atoms with Crippen LogP contribution in [-0.2, 0) is 9.59 Å². The van der Waals surface area contributed by atoms with Crippen LogP contribution in [0.15, 0.2) is 35.1 Å². The molecule has 0 bridgehead atoms. The third kappa shape index (κ3) is 1.91. The molecule has 1 aliphatic carbocycles. The van der Waals surface area contributed by atoms with E-state index in [0.29, 0.717) is 25.1 Å². The van der Waals surface area contributed by atoms with Crippen LogP contribution in [0.25, 0.3) is 0 Å². The lowest BCUT2D eigenvalue weighted by molar-refractivity contribution is -0.129. The van der Waals surface area contributed by atoms with Crippen molar-refractivity contribution in [2.45, 2.75) is 38.6 Å². The Morgan fingerprint density at radius 1 is 1.37 bits per heavy atom. The Bertz CT molecular complexity index is 542. The van der Waals surface area contributed by atoms with Crippen LogP contribution in [0.1, 0.15) is 32.6 Å². The second kappa shape index (κ2) is 4.37. The van der Waals surface area contributed by atoms with Crippen molar-refractivity contribution >= 4 is 11.8 Å². The van der Waals surface area contributed by atoms with Gasteiger partial charge in [-0.15, -0.1) is 0 Å². The number of amides is 2. The second-order valence-corrected chi connectivity index (χ2v) is 5.48. The Labute approximate surface area is 112 Å². The molecule has 19 heavy (non-hydrogen) atoms. The Balaban J connectivity index is 1.88. The summed E-state index contributed by atoms with van der Waals surface area (Å²) in [6.07, 6.45) is 5.18. The van der Waals surface area contributed by atoms with Gasteiger partial charge >= 0.3 is 0 Å². The van der Waals surface area contributed by atoms with Gasteiger partial charge in [-0.1, -0.05) is 18.2 Å². The average Bonchev–Trinajstić information content (AvgIpc) is 2.69. The van der Waals surface area contributed by atoms with Gasteiger partial charge in [-0.05, 0) is 31.8 Å². The van der Waals surface area contributed by atoms with Gasteiger partial charge in [-0.2, -0.15) is 0 Å². The van der Waals surface area contributed by atoms with E-state index >= 15 is 0 Å². The summed E-state index contributed by atoms with van der Waals surface area (Å²) < 4.78 is 0. The van der Waals surface area contributed by atoms with Crippen LogP contribution >= 0.6 is 0 Å². The van der Waals surface area contributed by atoms with Gasteiger partial charge in [0.1, 0.15) is 0 Å². The van der Waals surface area contributed by atoms with E-state index in [0.717, 1.165) is 18.4 Å². The first-order chi connectivity index (χ1) is 9.08. The predicted molar refractivity (Wildman–Crippen MR) is 72.0 cm³/mol. The van der Waals surface area contributed by atoms with Crippen molar-refractivity contribution in [3.63, 3.8) is 0 Å². The lowest BCUT2D eigenvalue weighted by atomic mass is 9.94. The van der Waals surface area contributed by atoms with Crippen LogP contribution < -0.4 is 5.32 Å². The Morgan fingerprint density at radius 2 is 2.16 bits per heavy atom. The van der Waals surface area contributed by atoms with E-state index in [1.54, 1.807) is 0 Å². The van der Waals surface area contributed by atoms with Gasteiger partial charge in [0.05, 0.1) is 6.04 Å². The van der Waals surface area contributed by atoms with Crippen molar-refractivity contribution in [3.8, 4) is 0 Å². The molecular formula is C15H18N2O2. The van der Waals surface area contributed by atoms with Crippen molar-refractivity contribution in [1.82, 2.24) is 10.2 Å². The van der Waals surface area contributed by atoms with E-state index in [1.165, 1.54) is 11.1 Å². The first-order valence-corrected chi connectivity index (χ1v) is 6.76. The number of nitrogens with zero attached hydrogens (tertiary/aromatic N) is 1. The number of hydrogen-bond acceptors (Lipinski definition) is 2.